The first-order valence-electron chi connectivity index (χ1n) is 10.4. The van der Waals surface area contributed by atoms with Crippen LogP contribution in [0.25, 0.3) is 11.3 Å². The summed E-state index contributed by atoms with van der Waals surface area (Å²) < 4.78 is 33.8. The molecule has 3 amide bonds. The number of fused-ring (bicyclic) bond motifs is 1. The molecule has 2 aliphatic heterocycles. The fraction of sp³-hybridized carbons (Fsp3) is 0.476. The maximum absolute atomic E-state index is 13.3. The van der Waals surface area contributed by atoms with E-state index in [2.05, 4.69) is 10.3 Å². The predicted octanol–water partition coefficient (Wildman–Crippen LogP) is 1.35. The number of nitrogens with one attached hydrogen (secondary N) is 1. The molecule has 1 aromatic carbocycles. The summed E-state index contributed by atoms with van der Waals surface area (Å²) in [5.74, 6) is 0.718. The highest BCUT2D eigenvalue weighted by Gasteiger charge is 2.49. The van der Waals surface area contributed by atoms with Gasteiger partial charge in [-0.1, -0.05) is 0 Å². The number of carbonyl (C=O) groups excluding carboxylic acids is 2. The van der Waals surface area contributed by atoms with Gasteiger partial charge < -0.3 is 29.2 Å². The number of oxazole rings is 1. The molecule has 0 saturated carbocycles. The van der Waals surface area contributed by atoms with Crippen molar-refractivity contribution < 1.29 is 27.2 Å². The second kappa shape index (κ2) is 8.25. The maximum atomic E-state index is 13.3. The molecule has 1 unspecified atom stereocenters. The summed E-state index contributed by atoms with van der Waals surface area (Å²) in [6.07, 6.45) is 4.53. The molecule has 0 aliphatic carbocycles. The molecule has 1 spiro atoms. The number of aromatic nitrogens is 1. The number of amides is 3. The Labute approximate surface area is 192 Å². The Bertz CT molecular complexity index is 1180. The van der Waals surface area contributed by atoms with Gasteiger partial charge in [0.25, 0.3) is 5.91 Å². The number of carbonyl (C=O) groups is 2. The smallest absolute Gasteiger partial charge is 0.319 e. The van der Waals surface area contributed by atoms with Crippen molar-refractivity contribution in [3.05, 3.63) is 30.3 Å². The Kier molecular flexibility index (Phi) is 5.72. The second-order valence-electron chi connectivity index (χ2n) is 8.49. The van der Waals surface area contributed by atoms with Crippen LogP contribution in [0.2, 0.25) is 0 Å². The van der Waals surface area contributed by atoms with E-state index in [1.54, 1.807) is 42.2 Å². The largest absolute Gasteiger partial charge is 0.496 e. The van der Waals surface area contributed by atoms with Crippen molar-refractivity contribution in [2.75, 3.05) is 58.2 Å². The van der Waals surface area contributed by atoms with Crippen molar-refractivity contribution in [2.45, 2.75) is 12.1 Å². The van der Waals surface area contributed by atoms with Gasteiger partial charge in [0.1, 0.15) is 21.2 Å². The molecule has 178 valence electrons. The maximum Gasteiger partial charge on any atom is 0.319 e. The van der Waals surface area contributed by atoms with Gasteiger partial charge in [-0.05, 0) is 6.07 Å². The van der Waals surface area contributed by atoms with Gasteiger partial charge in [-0.3, -0.25) is 4.79 Å². The summed E-state index contributed by atoms with van der Waals surface area (Å²) in [5, 5.41) is 3.45. The molecular formula is C21H27N5O6S. The van der Waals surface area contributed by atoms with E-state index in [-0.39, 0.29) is 30.8 Å². The summed E-state index contributed by atoms with van der Waals surface area (Å²) in [5.41, 5.74) is 0.906. The van der Waals surface area contributed by atoms with Gasteiger partial charge in [-0.25, -0.2) is 18.2 Å². The quantitative estimate of drug-likeness (QED) is 0.684. The Balaban J connectivity index is 1.58. The highest BCUT2D eigenvalue weighted by Crippen LogP contribution is 2.41. The number of anilines is 1. The molecule has 1 aromatic heterocycles. The predicted molar refractivity (Wildman–Crippen MR) is 121 cm³/mol. The topological polar surface area (TPSA) is 125 Å². The van der Waals surface area contributed by atoms with Gasteiger partial charge in [-0.2, -0.15) is 0 Å². The Hall–Kier alpha value is -3.28. The molecule has 0 bridgehead atoms. The SMILES string of the molecule is COc1cc2c(cc1-c1cnco1)C(=O)N(C)C1(CCN(C(=O)N(C)CCS(C)(=O)=O)C1)N2. The molecule has 2 aromatic rings. The van der Waals surface area contributed by atoms with E-state index in [4.69, 9.17) is 9.15 Å². The van der Waals surface area contributed by atoms with Crippen molar-refractivity contribution >= 4 is 27.5 Å². The number of rotatable bonds is 5. The van der Waals surface area contributed by atoms with E-state index in [9.17, 15) is 18.0 Å². The van der Waals surface area contributed by atoms with Gasteiger partial charge in [0.2, 0.25) is 0 Å². The number of ether oxygens (including phenoxy) is 1. The number of likely N-dealkylation sites (N-methyl/N-ethyl adjacent to an activating group) is 1. The van der Waals surface area contributed by atoms with Gasteiger partial charge in [-0.15, -0.1) is 0 Å². The van der Waals surface area contributed by atoms with Crippen molar-refractivity contribution in [3.8, 4) is 17.1 Å². The van der Waals surface area contributed by atoms with E-state index in [1.165, 1.54) is 18.4 Å². The highest BCUT2D eigenvalue weighted by molar-refractivity contribution is 7.90. The van der Waals surface area contributed by atoms with Crippen molar-refractivity contribution in [2.24, 2.45) is 0 Å². The zero-order valence-electron chi connectivity index (χ0n) is 19.0. The van der Waals surface area contributed by atoms with Crippen molar-refractivity contribution in [1.29, 1.82) is 0 Å². The Morgan fingerprint density at radius 3 is 2.76 bits per heavy atom. The second-order valence-corrected chi connectivity index (χ2v) is 10.7. The van der Waals surface area contributed by atoms with Gasteiger partial charge in [0, 0.05) is 45.9 Å². The van der Waals surface area contributed by atoms with Gasteiger partial charge in [0.05, 0.1) is 42.4 Å². The first kappa shape index (κ1) is 22.9. The van der Waals surface area contributed by atoms with Crippen molar-refractivity contribution in [1.82, 2.24) is 19.7 Å². The molecule has 2 aliphatic rings. The van der Waals surface area contributed by atoms with E-state index in [1.807, 2.05) is 0 Å². The number of nitrogens with zero attached hydrogens (tertiary/aromatic N) is 4. The van der Waals surface area contributed by atoms with E-state index in [0.717, 1.165) is 6.26 Å². The summed E-state index contributed by atoms with van der Waals surface area (Å²) in [6, 6.07) is 3.19. The monoisotopic (exact) mass is 477 g/mol. The summed E-state index contributed by atoms with van der Waals surface area (Å²) in [6.45, 7) is 0.798. The Morgan fingerprint density at radius 2 is 2.12 bits per heavy atom. The molecule has 3 heterocycles. The lowest BCUT2D eigenvalue weighted by atomic mass is 9.96. The van der Waals surface area contributed by atoms with E-state index < -0.39 is 15.5 Å². The zero-order chi connectivity index (χ0) is 24.0. The van der Waals surface area contributed by atoms with Crippen LogP contribution >= 0.6 is 0 Å². The molecule has 12 heteroatoms. The lowest BCUT2D eigenvalue weighted by Gasteiger charge is -2.44. The average Bonchev–Trinajstić information content (AvgIpc) is 3.45. The molecule has 1 atom stereocenters. The third-order valence-electron chi connectivity index (χ3n) is 6.22. The Morgan fingerprint density at radius 1 is 1.36 bits per heavy atom. The number of benzene rings is 1. The third-order valence-corrected chi connectivity index (χ3v) is 7.15. The van der Waals surface area contributed by atoms with Crippen LogP contribution in [-0.2, 0) is 9.84 Å². The number of hydrogen-bond acceptors (Lipinski definition) is 8. The van der Waals surface area contributed by atoms with Crippen LogP contribution in [0.4, 0.5) is 10.5 Å². The molecule has 11 nitrogen and oxygen atoms in total. The number of likely N-dealkylation sites (tertiary alicyclic amines) is 1. The van der Waals surface area contributed by atoms with Crippen LogP contribution in [-0.4, -0.2) is 98.6 Å². The fourth-order valence-corrected chi connectivity index (χ4v) is 4.86. The van der Waals surface area contributed by atoms with Crippen LogP contribution in [0.15, 0.2) is 29.1 Å². The zero-order valence-corrected chi connectivity index (χ0v) is 19.8. The molecule has 0 radical (unpaired) electrons. The van der Waals surface area contributed by atoms with Crippen LogP contribution in [0.3, 0.4) is 0 Å². The van der Waals surface area contributed by atoms with E-state index >= 15 is 0 Å². The lowest BCUT2D eigenvalue weighted by Crippen LogP contribution is -2.60. The minimum Gasteiger partial charge on any atom is -0.496 e. The van der Waals surface area contributed by atoms with Gasteiger partial charge in [0.15, 0.2) is 12.2 Å². The molecule has 1 fully saturated rings. The first-order valence-corrected chi connectivity index (χ1v) is 12.5. The number of urea groups is 1. The summed E-state index contributed by atoms with van der Waals surface area (Å²) in [4.78, 5) is 34.8. The molecule has 1 N–H and O–H groups in total. The average molecular weight is 478 g/mol. The fourth-order valence-electron chi connectivity index (χ4n) is 4.25. The highest BCUT2D eigenvalue weighted by atomic mass is 32.2. The van der Waals surface area contributed by atoms with E-state index in [0.29, 0.717) is 41.3 Å². The molecule has 1 saturated heterocycles. The van der Waals surface area contributed by atoms with Crippen LogP contribution in [0, 0.1) is 0 Å². The molecule has 4 rings (SSSR count). The molecular weight excluding hydrogens is 450 g/mol. The van der Waals surface area contributed by atoms with Gasteiger partial charge >= 0.3 is 6.03 Å². The van der Waals surface area contributed by atoms with Crippen LogP contribution in [0.1, 0.15) is 16.8 Å². The van der Waals surface area contributed by atoms with Crippen molar-refractivity contribution in [3.63, 3.8) is 0 Å². The van der Waals surface area contributed by atoms with Crippen LogP contribution in [0.5, 0.6) is 5.75 Å². The minimum absolute atomic E-state index is 0.105. The normalized spacial score (nSPS) is 20.1. The third kappa shape index (κ3) is 4.22. The minimum atomic E-state index is -3.18. The summed E-state index contributed by atoms with van der Waals surface area (Å²) >= 11 is 0. The number of methoxy groups -OCH3 is 1. The number of sulfone groups is 1. The van der Waals surface area contributed by atoms with Crippen LogP contribution < -0.4 is 10.1 Å². The lowest BCUT2D eigenvalue weighted by molar-refractivity contribution is 0.0603. The molecule has 33 heavy (non-hydrogen) atoms. The summed E-state index contributed by atoms with van der Waals surface area (Å²) in [7, 11) is 1.64. The standard InChI is InChI=1S/C21H27N5O6S/c1-24(7-8-33(4,29)30)20(28)26-6-5-21(12-26)23-16-10-17(31-3)15(18-11-22-13-32-18)9-14(16)19(27)25(21)2/h9-11,13,23H,5-8,12H2,1-4H3. The first-order chi connectivity index (χ1) is 15.5. The number of hydrogen-bond donors (Lipinski definition) is 1.